The molecule has 39 heavy (non-hydrogen) atoms. The lowest BCUT2D eigenvalue weighted by Crippen LogP contribution is -2.45. The fraction of sp³-hybridized carbons (Fsp3) is 0.323. The summed E-state index contributed by atoms with van der Waals surface area (Å²) in [5, 5.41) is 9.31. The van der Waals surface area contributed by atoms with E-state index < -0.39 is 6.61 Å². The summed E-state index contributed by atoms with van der Waals surface area (Å²) >= 11 is 0. The number of pyridine rings is 1. The van der Waals surface area contributed by atoms with E-state index in [1.54, 1.807) is 30.5 Å². The first-order chi connectivity index (χ1) is 19.0. The Kier molecular flexibility index (Phi) is 8.56. The van der Waals surface area contributed by atoms with E-state index in [-0.39, 0.29) is 11.6 Å². The number of rotatable bonds is 10. The molecule has 0 saturated carbocycles. The Morgan fingerprint density at radius 3 is 2.28 bits per heavy atom. The average Bonchev–Trinajstić information content (AvgIpc) is 3.37. The zero-order valence-corrected chi connectivity index (χ0v) is 22.3. The third kappa shape index (κ3) is 7.03. The zero-order valence-electron chi connectivity index (χ0n) is 22.3. The van der Waals surface area contributed by atoms with Crippen LogP contribution >= 0.6 is 0 Å². The molecule has 1 saturated heterocycles. The maximum Gasteiger partial charge on any atom is 0.188 e. The average molecular weight is 528 g/mol. The van der Waals surface area contributed by atoms with Crippen LogP contribution in [0.5, 0.6) is 0 Å². The number of hydrogen-bond acceptors (Lipinski definition) is 6. The number of aromatic nitrogens is 3. The summed E-state index contributed by atoms with van der Waals surface area (Å²) in [4.78, 5) is 26.4. The van der Waals surface area contributed by atoms with Crippen LogP contribution in [0.4, 0.5) is 4.39 Å². The lowest BCUT2D eigenvalue weighted by atomic mass is 10.1. The van der Waals surface area contributed by atoms with Crippen LogP contribution in [-0.2, 0) is 26.1 Å². The zero-order chi connectivity index (χ0) is 27.2. The largest absolute Gasteiger partial charge is 0.388 e. The van der Waals surface area contributed by atoms with Crippen LogP contribution in [0.25, 0.3) is 11.5 Å². The quantitative estimate of drug-likeness (QED) is 0.313. The first-order valence-corrected chi connectivity index (χ1v) is 13.4. The summed E-state index contributed by atoms with van der Waals surface area (Å²) in [5.74, 6) is 0.0717. The lowest BCUT2D eigenvalue weighted by molar-refractivity contribution is 0.0903. The Morgan fingerprint density at radius 1 is 0.923 bits per heavy atom. The van der Waals surface area contributed by atoms with Crippen molar-refractivity contribution in [1.29, 1.82) is 0 Å². The Labute approximate surface area is 228 Å². The second-order valence-corrected chi connectivity index (χ2v) is 10.2. The van der Waals surface area contributed by atoms with E-state index >= 15 is 0 Å². The molecule has 7 nitrogen and oxygen atoms in total. The van der Waals surface area contributed by atoms with Gasteiger partial charge in [-0.05, 0) is 48.7 Å². The summed E-state index contributed by atoms with van der Waals surface area (Å²) in [6.45, 7) is 7.80. The van der Waals surface area contributed by atoms with Gasteiger partial charge in [-0.25, -0.2) is 9.37 Å². The SMILES string of the molecule is Cc1ccc(CN2CCN(Cc3cn(CCc4ccc(F)cc4)c(-c4cc(C(=O)CO)ccn4)n3)CC2)cc1. The number of piperazine rings is 1. The molecule has 5 rings (SSSR count). The number of nitrogens with zero attached hydrogens (tertiary/aromatic N) is 5. The highest BCUT2D eigenvalue weighted by atomic mass is 19.1. The van der Waals surface area contributed by atoms with Gasteiger partial charge in [-0.3, -0.25) is 19.6 Å². The first kappa shape index (κ1) is 26.9. The number of aliphatic hydroxyl groups excluding tert-OH is 1. The number of imidazole rings is 1. The van der Waals surface area contributed by atoms with Gasteiger partial charge in [0.25, 0.3) is 0 Å². The Balaban J connectivity index is 1.29. The standard InChI is InChI=1S/C31H34FN5O2/c1-23-2-4-25(5-3-23)19-35-14-16-36(17-15-35)20-28-21-37(13-11-24-6-8-27(32)9-7-24)31(34-28)29-18-26(10-12-33-29)30(39)22-38/h2-10,12,18,21,38H,11,13-17,19-20,22H2,1H3. The van der Waals surface area contributed by atoms with E-state index in [4.69, 9.17) is 4.98 Å². The summed E-state index contributed by atoms with van der Waals surface area (Å²) < 4.78 is 15.4. The first-order valence-electron chi connectivity index (χ1n) is 13.4. The fourth-order valence-corrected chi connectivity index (χ4v) is 4.93. The molecule has 0 unspecified atom stereocenters. The van der Waals surface area contributed by atoms with Gasteiger partial charge in [0.1, 0.15) is 18.1 Å². The summed E-state index contributed by atoms with van der Waals surface area (Å²) in [6.07, 6.45) is 4.33. The van der Waals surface area contributed by atoms with Crippen LogP contribution in [-0.4, -0.2) is 68.0 Å². The van der Waals surface area contributed by atoms with Gasteiger partial charge in [-0.15, -0.1) is 0 Å². The van der Waals surface area contributed by atoms with Crippen molar-refractivity contribution >= 4 is 5.78 Å². The van der Waals surface area contributed by atoms with E-state index in [1.165, 1.54) is 23.3 Å². The maximum absolute atomic E-state index is 13.4. The molecule has 4 aromatic rings. The molecule has 1 N–H and O–H groups in total. The van der Waals surface area contributed by atoms with Gasteiger partial charge in [0.2, 0.25) is 0 Å². The van der Waals surface area contributed by atoms with Crippen molar-refractivity contribution in [3.05, 3.63) is 107 Å². The van der Waals surface area contributed by atoms with Gasteiger partial charge in [-0.1, -0.05) is 42.0 Å². The van der Waals surface area contributed by atoms with Crippen molar-refractivity contribution in [3.63, 3.8) is 0 Å². The third-order valence-electron chi connectivity index (χ3n) is 7.21. The van der Waals surface area contributed by atoms with Crippen LogP contribution in [0.15, 0.2) is 73.1 Å². The smallest absolute Gasteiger partial charge is 0.188 e. The van der Waals surface area contributed by atoms with Gasteiger partial charge < -0.3 is 9.67 Å². The van der Waals surface area contributed by atoms with Crippen LogP contribution in [0, 0.1) is 12.7 Å². The number of aliphatic hydroxyl groups is 1. The van der Waals surface area contributed by atoms with Gasteiger partial charge in [0, 0.05) is 63.8 Å². The lowest BCUT2D eigenvalue weighted by Gasteiger charge is -2.34. The Bertz CT molecular complexity index is 1390. The van der Waals surface area contributed by atoms with E-state index in [0.717, 1.165) is 50.5 Å². The highest BCUT2D eigenvalue weighted by Crippen LogP contribution is 2.21. The summed E-state index contributed by atoms with van der Waals surface area (Å²) in [7, 11) is 0. The van der Waals surface area contributed by atoms with E-state index in [1.807, 2.05) is 0 Å². The Hall–Kier alpha value is -3.72. The number of ketones is 1. The van der Waals surface area contributed by atoms with Crippen LogP contribution in [0.1, 0.15) is 32.7 Å². The number of halogens is 1. The van der Waals surface area contributed by atoms with Gasteiger partial charge >= 0.3 is 0 Å². The minimum absolute atomic E-state index is 0.252. The molecule has 0 spiro atoms. The number of Topliss-reactive ketones (excluding diaryl/α,β-unsaturated/α-hetero) is 1. The number of hydrogen-bond donors (Lipinski definition) is 1. The molecule has 0 amide bonds. The molecule has 1 aliphatic heterocycles. The number of benzene rings is 2. The van der Waals surface area contributed by atoms with Crippen molar-refractivity contribution in [1.82, 2.24) is 24.3 Å². The molecule has 8 heteroatoms. The van der Waals surface area contributed by atoms with Crippen molar-refractivity contribution in [2.24, 2.45) is 0 Å². The van der Waals surface area contributed by atoms with Crippen molar-refractivity contribution in [2.45, 2.75) is 33.0 Å². The van der Waals surface area contributed by atoms with E-state index in [0.29, 0.717) is 30.0 Å². The number of carbonyl (C=O) groups is 1. The molecule has 0 radical (unpaired) electrons. The Morgan fingerprint density at radius 2 is 1.59 bits per heavy atom. The van der Waals surface area contributed by atoms with Crippen LogP contribution in [0.3, 0.4) is 0 Å². The highest BCUT2D eigenvalue weighted by Gasteiger charge is 2.20. The van der Waals surface area contributed by atoms with E-state index in [2.05, 4.69) is 56.7 Å². The van der Waals surface area contributed by atoms with Gasteiger partial charge in [-0.2, -0.15) is 0 Å². The summed E-state index contributed by atoms with van der Waals surface area (Å²) in [6, 6.07) is 18.6. The second kappa shape index (κ2) is 12.4. The number of carbonyl (C=O) groups excluding carboxylic acids is 1. The van der Waals surface area contributed by atoms with Gasteiger partial charge in [0.05, 0.1) is 5.69 Å². The minimum Gasteiger partial charge on any atom is -0.388 e. The van der Waals surface area contributed by atoms with Crippen molar-refractivity contribution < 1.29 is 14.3 Å². The van der Waals surface area contributed by atoms with Crippen molar-refractivity contribution in [3.8, 4) is 11.5 Å². The molecular weight excluding hydrogens is 493 g/mol. The predicted molar refractivity (Wildman–Crippen MR) is 149 cm³/mol. The maximum atomic E-state index is 13.4. The molecule has 2 aromatic carbocycles. The highest BCUT2D eigenvalue weighted by molar-refractivity contribution is 5.97. The third-order valence-corrected chi connectivity index (χ3v) is 7.21. The molecule has 2 aromatic heterocycles. The number of aryl methyl sites for hydroxylation is 3. The second-order valence-electron chi connectivity index (χ2n) is 10.2. The normalized spacial score (nSPS) is 14.5. The minimum atomic E-state index is -0.552. The molecule has 0 atom stereocenters. The summed E-state index contributed by atoms with van der Waals surface area (Å²) in [5.41, 5.74) is 5.58. The van der Waals surface area contributed by atoms with Gasteiger partial charge in [0.15, 0.2) is 11.6 Å². The van der Waals surface area contributed by atoms with Crippen LogP contribution < -0.4 is 0 Å². The van der Waals surface area contributed by atoms with Crippen molar-refractivity contribution in [2.75, 3.05) is 32.8 Å². The molecule has 0 bridgehead atoms. The molecule has 3 heterocycles. The van der Waals surface area contributed by atoms with Crippen LogP contribution in [0.2, 0.25) is 0 Å². The molecule has 1 fully saturated rings. The molecule has 202 valence electrons. The molecule has 1 aliphatic rings. The molecular formula is C31H34FN5O2. The monoisotopic (exact) mass is 527 g/mol. The predicted octanol–water partition coefficient (Wildman–Crippen LogP) is 4.13. The molecule has 0 aliphatic carbocycles. The topological polar surface area (TPSA) is 74.5 Å². The van der Waals surface area contributed by atoms with E-state index in [9.17, 15) is 14.3 Å². The fourth-order valence-electron chi connectivity index (χ4n) is 4.93.